The van der Waals surface area contributed by atoms with Crippen molar-refractivity contribution in [3.05, 3.63) is 28.2 Å². The van der Waals surface area contributed by atoms with Crippen LogP contribution in [0.4, 0.5) is 0 Å². The van der Waals surface area contributed by atoms with Gasteiger partial charge in [0.1, 0.15) is 5.75 Å². The van der Waals surface area contributed by atoms with Crippen molar-refractivity contribution in [2.45, 2.75) is 31.7 Å². The van der Waals surface area contributed by atoms with Gasteiger partial charge in [0.05, 0.1) is 5.02 Å². The van der Waals surface area contributed by atoms with Gasteiger partial charge >= 0.3 is 0 Å². The maximum absolute atomic E-state index is 12.0. The van der Waals surface area contributed by atoms with E-state index in [-0.39, 0.29) is 12.5 Å². The van der Waals surface area contributed by atoms with Crippen LogP contribution in [0.25, 0.3) is 0 Å². The van der Waals surface area contributed by atoms with Crippen LogP contribution in [0.5, 0.6) is 5.75 Å². The first-order valence-electron chi connectivity index (χ1n) is 7.00. The standard InChI is InChI=1S/C15H17Cl2NO2/c16-11-5-6-13(12(17)7-11)20-8-14(19)18-15(9-1-2-9)10-3-4-10/h5-7,9-10,15H,1-4,8H2,(H,18,19). The van der Waals surface area contributed by atoms with Gasteiger partial charge in [-0.25, -0.2) is 0 Å². The second-order valence-electron chi connectivity index (χ2n) is 5.63. The van der Waals surface area contributed by atoms with Gasteiger partial charge in [-0.2, -0.15) is 0 Å². The molecule has 0 radical (unpaired) electrons. The van der Waals surface area contributed by atoms with Crippen molar-refractivity contribution in [1.82, 2.24) is 5.32 Å². The Morgan fingerprint density at radius 1 is 1.25 bits per heavy atom. The number of rotatable bonds is 6. The van der Waals surface area contributed by atoms with Crippen LogP contribution in [0.3, 0.4) is 0 Å². The van der Waals surface area contributed by atoms with Crippen molar-refractivity contribution < 1.29 is 9.53 Å². The summed E-state index contributed by atoms with van der Waals surface area (Å²) in [6.45, 7) is -0.00269. The average Bonchev–Trinajstić information content (AvgIpc) is 3.28. The highest BCUT2D eigenvalue weighted by Gasteiger charge is 2.42. The van der Waals surface area contributed by atoms with Crippen molar-refractivity contribution in [2.75, 3.05) is 6.61 Å². The highest BCUT2D eigenvalue weighted by Crippen LogP contribution is 2.44. The Hall–Kier alpha value is -0.930. The molecule has 20 heavy (non-hydrogen) atoms. The third-order valence-corrected chi connectivity index (χ3v) is 4.37. The molecule has 0 aliphatic heterocycles. The molecule has 2 saturated carbocycles. The minimum atomic E-state index is -0.0696. The van der Waals surface area contributed by atoms with Crippen LogP contribution in [-0.2, 0) is 4.79 Å². The molecule has 5 heteroatoms. The molecule has 1 N–H and O–H groups in total. The molecule has 1 amide bonds. The van der Waals surface area contributed by atoms with Crippen molar-refractivity contribution in [1.29, 1.82) is 0 Å². The molecule has 108 valence electrons. The maximum Gasteiger partial charge on any atom is 0.258 e. The topological polar surface area (TPSA) is 38.3 Å². The second-order valence-corrected chi connectivity index (χ2v) is 6.48. The lowest BCUT2D eigenvalue weighted by Gasteiger charge is -2.18. The zero-order valence-corrected chi connectivity index (χ0v) is 12.6. The first-order valence-corrected chi connectivity index (χ1v) is 7.76. The molecular formula is C15H17Cl2NO2. The van der Waals surface area contributed by atoms with Crippen molar-refractivity contribution in [3.63, 3.8) is 0 Å². The fourth-order valence-corrected chi connectivity index (χ4v) is 2.96. The van der Waals surface area contributed by atoms with E-state index in [1.165, 1.54) is 25.7 Å². The summed E-state index contributed by atoms with van der Waals surface area (Å²) >= 11 is 11.8. The number of nitrogens with one attached hydrogen (secondary N) is 1. The fraction of sp³-hybridized carbons (Fsp3) is 0.533. The summed E-state index contributed by atoms with van der Waals surface area (Å²) in [4.78, 5) is 12.0. The Bertz CT molecular complexity index is 501. The van der Waals surface area contributed by atoms with E-state index in [4.69, 9.17) is 27.9 Å². The van der Waals surface area contributed by atoms with Crippen LogP contribution < -0.4 is 10.1 Å². The zero-order chi connectivity index (χ0) is 14.1. The lowest BCUT2D eigenvalue weighted by atomic mass is 10.1. The molecule has 0 heterocycles. The van der Waals surface area contributed by atoms with E-state index in [0.29, 0.717) is 33.7 Å². The van der Waals surface area contributed by atoms with E-state index in [1.54, 1.807) is 18.2 Å². The van der Waals surface area contributed by atoms with Crippen LogP contribution in [0.1, 0.15) is 25.7 Å². The lowest BCUT2D eigenvalue weighted by molar-refractivity contribution is -0.124. The van der Waals surface area contributed by atoms with Crippen LogP contribution in [0.15, 0.2) is 18.2 Å². The molecule has 0 aromatic heterocycles. The quantitative estimate of drug-likeness (QED) is 0.870. The lowest BCUT2D eigenvalue weighted by Crippen LogP contribution is -2.40. The van der Waals surface area contributed by atoms with E-state index in [1.807, 2.05) is 0 Å². The van der Waals surface area contributed by atoms with Crippen LogP contribution in [0, 0.1) is 11.8 Å². The van der Waals surface area contributed by atoms with Gasteiger partial charge in [-0.1, -0.05) is 23.2 Å². The molecule has 0 saturated heterocycles. The molecular weight excluding hydrogens is 297 g/mol. The fourth-order valence-electron chi connectivity index (χ4n) is 2.49. The summed E-state index contributed by atoms with van der Waals surface area (Å²) in [6, 6.07) is 5.33. The minimum absolute atomic E-state index is 0.00269. The second kappa shape index (κ2) is 5.82. The number of amides is 1. The highest BCUT2D eigenvalue weighted by atomic mass is 35.5. The number of carbonyl (C=O) groups excluding carboxylic acids is 1. The van der Waals surface area contributed by atoms with Gasteiger partial charge < -0.3 is 10.1 Å². The minimum Gasteiger partial charge on any atom is -0.482 e. The Morgan fingerprint density at radius 2 is 1.90 bits per heavy atom. The molecule has 3 nitrogen and oxygen atoms in total. The summed E-state index contributed by atoms with van der Waals surface area (Å²) in [5.74, 6) is 1.79. The number of carbonyl (C=O) groups is 1. The van der Waals surface area contributed by atoms with Gasteiger partial charge in [-0.3, -0.25) is 4.79 Å². The van der Waals surface area contributed by atoms with Crippen LogP contribution in [-0.4, -0.2) is 18.6 Å². The van der Waals surface area contributed by atoms with Gasteiger partial charge in [-0.05, 0) is 55.7 Å². The normalized spacial score (nSPS) is 18.1. The predicted octanol–water partition coefficient (Wildman–Crippen LogP) is 3.68. The molecule has 1 aromatic carbocycles. The van der Waals surface area contributed by atoms with E-state index in [0.717, 1.165) is 0 Å². The van der Waals surface area contributed by atoms with E-state index in [9.17, 15) is 4.79 Å². The summed E-state index contributed by atoms with van der Waals surface area (Å²) in [7, 11) is 0. The van der Waals surface area contributed by atoms with Gasteiger partial charge in [0.2, 0.25) is 0 Å². The number of hydrogen-bond acceptors (Lipinski definition) is 2. The summed E-state index contributed by atoms with van der Waals surface area (Å²) < 4.78 is 5.45. The summed E-state index contributed by atoms with van der Waals surface area (Å²) in [5.41, 5.74) is 0. The zero-order valence-electron chi connectivity index (χ0n) is 11.1. The van der Waals surface area contributed by atoms with Crippen molar-refractivity contribution >= 4 is 29.1 Å². The first kappa shape index (κ1) is 14.0. The predicted molar refractivity (Wildman–Crippen MR) is 79.3 cm³/mol. The van der Waals surface area contributed by atoms with E-state index < -0.39 is 0 Å². The number of hydrogen-bond donors (Lipinski definition) is 1. The third-order valence-electron chi connectivity index (χ3n) is 3.84. The number of benzene rings is 1. The largest absolute Gasteiger partial charge is 0.482 e. The SMILES string of the molecule is O=C(COc1ccc(Cl)cc1Cl)NC(C1CC1)C1CC1. The van der Waals surface area contributed by atoms with Crippen molar-refractivity contribution in [2.24, 2.45) is 11.8 Å². The van der Waals surface area contributed by atoms with Gasteiger partial charge in [-0.15, -0.1) is 0 Å². The van der Waals surface area contributed by atoms with Gasteiger partial charge in [0.15, 0.2) is 6.61 Å². The van der Waals surface area contributed by atoms with Gasteiger partial charge in [0, 0.05) is 11.1 Å². The van der Waals surface area contributed by atoms with Gasteiger partial charge in [0.25, 0.3) is 5.91 Å². The summed E-state index contributed by atoms with van der Waals surface area (Å²) in [6.07, 6.45) is 4.97. The molecule has 0 unspecified atom stereocenters. The van der Waals surface area contributed by atoms with Crippen molar-refractivity contribution in [3.8, 4) is 5.75 Å². The monoisotopic (exact) mass is 313 g/mol. The Balaban J connectivity index is 1.51. The Kier molecular flexibility index (Phi) is 4.08. The number of halogens is 2. The van der Waals surface area contributed by atoms with Crippen LogP contribution >= 0.6 is 23.2 Å². The molecule has 0 bridgehead atoms. The molecule has 0 spiro atoms. The molecule has 0 atom stereocenters. The number of ether oxygens (including phenoxy) is 1. The molecule has 2 fully saturated rings. The maximum atomic E-state index is 12.0. The average molecular weight is 314 g/mol. The molecule has 1 aromatic rings. The summed E-state index contributed by atoms with van der Waals surface area (Å²) in [5, 5.41) is 4.08. The highest BCUT2D eigenvalue weighted by molar-refractivity contribution is 6.35. The van der Waals surface area contributed by atoms with E-state index >= 15 is 0 Å². The smallest absolute Gasteiger partial charge is 0.258 e. The Labute approximate surface area is 128 Å². The molecule has 2 aliphatic rings. The van der Waals surface area contributed by atoms with Crippen LogP contribution in [0.2, 0.25) is 10.0 Å². The first-order chi connectivity index (χ1) is 9.63. The molecule has 2 aliphatic carbocycles. The molecule has 3 rings (SSSR count). The Morgan fingerprint density at radius 3 is 2.45 bits per heavy atom. The van der Waals surface area contributed by atoms with E-state index in [2.05, 4.69) is 5.32 Å². The third kappa shape index (κ3) is 3.58.